The Labute approximate surface area is 225 Å². The van der Waals surface area contributed by atoms with E-state index in [1.807, 2.05) is 0 Å². The van der Waals surface area contributed by atoms with Crippen molar-refractivity contribution in [2.24, 2.45) is 0 Å². The first-order valence-corrected chi connectivity index (χ1v) is 14.0. The number of benzene rings is 6. The van der Waals surface area contributed by atoms with Crippen LogP contribution in [0.15, 0.2) is 91.0 Å². The van der Waals surface area contributed by atoms with Gasteiger partial charge in [-0.05, 0) is 95.6 Å². The van der Waals surface area contributed by atoms with Crippen LogP contribution in [0.25, 0.3) is 54.6 Å². The lowest BCUT2D eigenvalue weighted by Crippen LogP contribution is -2.10. The van der Waals surface area contributed by atoms with Crippen molar-refractivity contribution >= 4 is 32.3 Å². The summed E-state index contributed by atoms with van der Waals surface area (Å²) in [5, 5.41) is 17.4. The van der Waals surface area contributed by atoms with Crippen molar-refractivity contribution in [1.29, 1.82) is 0 Å². The molecular formula is C37H34O. The molecule has 1 heteroatoms. The fourth-order valence-electron chi connectivity index (χ4n) is 6.75. The van der Waals surface area contributed by atoms with Crippen molar-refractivity contribution in [3.63, 3.8) is 0 Å². The van der Waals surface area contributed by atoms with Gasteiger partial charge < -0.3 is 5.11 Å². The SMILES string of the molecule is CC(C)(C)c1cc2ccc3ccc(-c4ccc5c(c4)C(CCCCO)c4ccccc4-5)c4ccc(c1)c2c34. The molecule has 6 aromatic rings. The number of unbranched alkanes of at least 4 members (excludes halogenated alkanes) is 1. The molecule has 0 aromatic heterocycles. The lowest BCUT2D eigenvalue weighted by molar-refractivity contribution is 0.282. The first-order chi connectivity index (χ1) is 18.4. The average molecular weight is 495 g/mol. The molecule has 0 fully saturated rings. The average Bonchev–Trinajstić information content (AvgIpc) is 3.24. The van der Waals surface area contributed by atoms with Crippen molar-refractivity contribution in [1.82, 2.24) is 0 Å². The third kappa shape index (κ3) is 3.56. The minimum Gasteiger partial charge on any atom is -0.396 e. The molecule has 1 unspecified atom stereocenters. The van der Waals surface area contributed by atoms with Gasteiger partial charge in [0.05, 0.1) is 0 Å². The molecule has 1 N–H and O–H groups in total. The Morgan fingerprint density at radius 1 is 0.632 bits per heavy atom. The molecule has 1 aliphatic carbocycles. The number of aliphatic hydroxyl groups is 1. The summed E-state index contributed by atoms with van der Waals surface area (Å²) in [4.78, 5) is 0. The van der Waals surface area contributed by atoms with E-state index in [1.165, 1.54) is 71.3 Å². The second-order valence-electron chi connectivity index (χ2n) is 12.1. The molecule has 7 rings (SSSR count). The molecule has 38 heavy (non-hydrogen) atoms. The smallest absolute Gasteiger partial charge is 0.0431 e. The van der Waals surface area contributed by atoms with E-state index < -0.39 is 0 Å². The van der Waals surface area contributed by atoms with Crippen LogP contribution in [0.2, 0.25) is 0 Å². The molecule has 0 spiro atoms. The van der Waals surface area contributed by atoms with Crippen LogP contribution < -0.4 is 0 Å². The van der Waals surface area contributed by atoms with E-state index in [2.05, 4.69) is 112 Å². The Morgan fingerprint density at radius 2 is 1.32 bits per heavy atom. The maximum Gasteiger partial charge on any atom is 0.0431 e. The van der Waals surface area contributed by atoms with Crippen LogP contribution >= 0.6 is 0 Å². The van der Waals surface area contributed by atoms with Gasteiger partial charge in [0, 0.05) is 12.5 Å². The van der Waals surface area contributed by atoms with E-state index in [-0.39, 0.29) is 12.0 Å². The molecule has 0 radical (unpaired) electrons. The third-order valence-corrected chi connectivity index (χ3v) is 8.73. The zero-order valence-corrected chi connectivity index (χ0v) is 22.5. The summed E-state index contributed by atoms with van der Waals surface area (Å²) in [7, 11) is 0. The highest BCUT2D eigenvalue weighted by Crippen LogP contribution is 2.49. The molecule has 0 aliphatic heterocycles. The minimum atomic E-state index is 0.116. The standard InChI is InChI=1S/C37H34O/c1-37(2,3)27-20-25-12-11-23-13-16-28(33-18-15-26(21-27)35(25)36(23)33)24-14-17-32-30-9-5-4-8-29(30)31(34(32)22-24)10-6-7-19-38/h4-5,8-9,11-18,20-22,31,38H,6-7,10,19H2,1-3H3. The van der Waals surface area contributed by atoms with E-state index in [0.717, 1.165) is 19.3 Å². The zero-order chi connectivity index (χ0) is 26.0. The van der Waals surface area contributed by atoms with Gasteiger partial charge >= 0.3 is 0 Å². The molecule has 0 amide bonds. The Bertz CT molecular complexity index is 1800. The lowest BCUT2D eigenvalue weighted by Gasteiger charge is -2.22. The van der Waals surface area contributed by atoms with E-state index in [9.17, 15) is 5.11 Å². The number of hydrogen-bond donors (Lipinski definition) is 1. The van der Waals surface area contributed by atoms with Gasteiger partial charge in [-0.25, -0.2) is 0 Å². The molecule has 6 aromatic carbocycles. The van der Waals surface area contributed by atoms with E-state index in [0.29, 0.717) is 5.92 Å². The van der Waals surface area contributed by atoms with Crippen LogP contribution in [0.5, 0.6) is 0 Å². The minimum absolute atomic E-state index is 0.116. The second-order valence-corrected chi connectivity index (χ2v) is 12.1. The summed E-state index contributed by atoms with van der Waals surface area (Å²) < 4.78 is 0. The van der Waals surface area contributed by atoms with Crippen molar-refractivity contribution in [3.8, 4) is 22.3 Å². The van der Waals surface area contributed by atoms with E-state index >= 15 is 0 Å². The summed E-state index contributed by atoms with van der Waals surface area (Å²) in [6, 6.07) is 34.6. The van der Waals surface area contributed by atoms with Gasteiger partial charge in [0.2, 0.25) is 0 Å². The van der Waals surface area contributed by atoms with Gasteiger partial charge in [0.25, 0.3) is 0 Å². The quantitative estimate of drug-likeness (QED) is 0.187. The van der Waals surface area contributed by atoms with Crippen molar-refractivity contribution in [2.75, 3.05) is 6.61 Å². The number of fused-ring (bicyclic) bond motifs is 3. The van der Waals surface area contributed by atoms with Crippen LogP contribution in [0.4, 0.5) is 0 Å². The fraction of sp³-hybridized carbons (Fsp3) is 0.243. The van der Waals surface area contributed by atoms with Crippen LogP contribution in [-0.2, 0) is 5.41 Å². The maximum absolute atomic E-state index is 9.40. The van der Waals surface area contributed by atoms with Crippen molar-refractivity contribution < 1.29 is 5.11 Å². The maximum atomic E-state index is 9.40. The Morgan fingerprint density at radius 3 is 2.11 bits per heavy atom. The van der Waals surface area contributed by atoms with Gasteiger partial charge in [0.1, 0.15) is 0 Å². The highest BCUT2D eigenvalue weighted by Gasteiger charge is 2.28. The largest absolute Gasteiger partial charge is 0.396 e. The Balaban J connectivity index is 1.41. The fourth-order valence-corrected chi connectivity index (χ4v) is 6.75. The summed E-state index contributed by atoms with van der Waals surface area (Å²) in [5.74, 6) is 0.392. The van der Waals surface area contributed by atoms with Gasteiger partial charge in [-0.15, -0.1) is 0 Å². The molecule has 1 atom stereocenters. The molecule has 1 nitrogen and oxygen atoms in total. The first-order valence-electron chi connectivity index (χ1n) is 14.0. The predicted octanol–water partition coefficient (Wildman–Crippen LogP) is 9.82. The third-order valence-electron chi connectivity index (χ3n) is 8.73. The summed E-state index contributed by atoms with van der Waals surface area (Å²) >= 11 is 0. The molecule has 188 valence electrons. The van der Waals surface area contributed by atoms with E-state index in [1.54, 1.807) is 0 Å². The lowest BCUT2D eigenvalue weighted by atomic mass is 9.82. The molecule has 0 bridgehead atoms. The zero-order valence-electron chi connectivity index (χ0n) is 22.5. The molecule has 0 heterocycles. The van der Waals surface area contributed by atoms with Crippen LogP contribution in [0, 0.1) is 0 Å². The molecule has 1 aliphatic rings. The topological polar surface area (TPSA) is 20.2 Å². The highest BCUT2D eigenvalue weighted by molar-refractivity contribution is 6.25. The first kappa shape index (κ1) is 23.4. The van der Waals surface area contributed by atoms with Gasteiger partial charge in [-0.3, -0.25) is 0 Å². The van der Waals surface area contributed by atoms with Crippen LogP contribution in [0.1, 0.15) is 62.6 Å². The molecular weight excluding hydrogens is 460 g/mol. The second kappa shape index (κ2) is 8.68. The monoisotopic (exact) mass is 494 g/mol. The van der Waals surface area contributed by atoms with Gasteiger partial charge in [-0.2, -0.15) is 0 Å². The highest BCUT2D eigenvalue weighted by atomic mass is 16.2. The van der Waals surface area contributed by atoms with Crippen LogP contribution in [-0.4, -0.2) is 11.7 Å². The summed E-state index contributed by atoms with van der Waals surface area (Å²) in [6.07, 6.45) is 2.97. The molecule has 0 saturated carbocycles. The number of aliphatic hydroxyl groups excluding tert-OH is 1. The Kier molecular flexibility index (Phi) is 5.35. The predicted molar refractivity (Wildman–Crippen MR) is 162 cm³/mol. The Hall–Kier alpha value is -3.68. The normalized spacial score (nSPS) is 15.0. The van der Waals surface area contributed by atoms with E-state index in [4.69, 9.17) is 0 Å². The number of hydrogen-bond acceptors (Lipinski definition) is 1. The summed E-state index contributed by atoms with van der Waals surface area (Å²) in [5.41, 5.74) is 9.69. The van der Waals surface area contributed by atoms with Gasteiger partial charge in [0.15, 0.2) is 0 Å². The van der Waals surface area contributed by atoms with Crippen molar-refractivity contribution in [3.05, 3.63) is 108 Å². The number of rotatable bonds is 5. The van der Waals surface area contributed by atoms with Crippen LogP contribution in [0.3, 0.4) is 0 Å². The molecule has 0 saturated heterocycles. The van der Waals surface area contributed by atoms with Crippen molar-refractivity contribution in [2.45, 2.75) is 51.4 Å². The van der Waals surface area contributed by atoms with Gasteiger partial charge in [-0.1, -0.05) is 112 Å². The summed E-state index contributed by atoms with van der Waals surface area (Å²) in [6.45, 7) is 7.14.